The van der Waals surface area contributed by atoms with Crippen LogP contribution in [0.25, 0.3) is 0 Å². The fraction of sp³-hybridized carbons (Fsp3) is 0.560. The van der Waals surface area contributed by atoms with E-state index in [1.807, 2.05) is 18.2 Å². The molecule has 5 heteroatoms. The third-order valence-corrected chi connectivity index (χ3v) is 6.36. The fourth-order valence-corrected chi connectivity index (χ4v) is 4.58. The molecule has 1 fully saturated rings. The van der Waals surface area contributed by atoms with Crippen molar-refractivity contribution in [3.63, 3.8) is 0 Å². The smallest absolute Gasteiger partial charge is 0.303 e. The number of carboxylic acid groups (broad SMARTS) is 1. The minimum absolute atomic E-state index is 0.133. The Bertz CT molecular complexity index is 728. The highest BCUT2D eigenvalue weighted by atomic mass is 35.5. The van der Waals surface area contributed by atoms with Gasteiger partial charge in [0.2, 0.25) is 0 Å². The maximum Gasteiger partial charge on any atom is 0.303 e. The number of aliphatic hydroxyl groups is 1. The van der Waals surface area contributed by atoms with Gasteiger partial charge in [0.05, 0.1) is 6.10 Å². The second-order valence-electron chi connectivity index (χ2n) is 8.28. The maximum atomic E-state index is 10.5. The summed E-state index contributed by atoms with van der Waals surface area (Å²) in [5, 5.41) is 29.2. The van der Waals surface area contributed by atoms with Crippen LogP contribution in [0.1, 0.15) is 63.0 Å². The van der Waals surface area contributed by atoms with Crippen molar-refractivity contribution in [3.8, 4) is 5.75 Å². The second kappa shape index (κ2) is 12.8. The lowest BCUT2D eigenvalue weighted by molar-refractivity contribution is -0.137. The third kappa shape index (κ3) is 8.16. The van der Waals surface area contributed by atoms with Gasteiger partial charge in [0.15, 0.2) is 0 Å². The van der Waals surface area contributed by atoms with Gasteiger partial charge in [-0.2, -0.15) is 0 Å². The van der Waals surface area contributed by atoms with Crippen molar-refractivity contribution >= 4 is 17.6 Å². The number of phenols is 1. The Balaban J connectivity index is 1.86. The molecule has 4 nitrogen and oxygen atoms in total. The zero-order valence-electron chi connectivity index (χ0n) is 17.8. The molecule has 0 heterocycles. The molecule has 3 N–H and O–H groups in total. The van der Waals surface area contributed by atoms with Crippen LogP contribution in [0.4, 0.5) is 0 Å². The van der Waals surface area contributed by atoms with Crippen LogP contribution in [-0.4, -0.2) is 32.8 Å². The number of carbonyl (C=O) groups is 1. The predicted molar refractivity (Wildman–Crippen MR) is 122 cm³/mol. The van der Waals surface area contributed by atoms with E-state index < -0.39 is 12.1 Å². The van der Waals surface area contributed by atoms with Gasteiger partial charge in [0.1, 0.15) is 5.75 Å². The summed E-state index contributed by atoms with van der Waals surface area (Å²) in [5.41, 5.74) is 1.96. The molecule has 0 aliphatic heterocycles. The van der Waals surface area contributed by atoms with Crippen LogP contribution in [0.3, 0.4) is 0 Å². The Morgan fingerprint density at radius 1 is 1.30 bits per heavy atom. The number of aromatic hydroxyl groups is 1. The van der Waals surface area contributed by atoms with Gasteiger partial charge < -0.3 is 15.3 Å². The molecule has 1 aliphatic carbocycles. The molecule has 1 aromatic carbocycles. The number of aliphatic hydroxyl groups excluding tert-OH is 1. The van der Waals surface area contributed by atoms with Gasteiger partial charge in [-0.1, -0.05) is 49.8 Å². The predicted octanol–water partition coefficient (Wildman–Crippen LogP) is 5.64. The van der Waals surface area contributed by atoms with Crippen molar-refractivity contribution in [1.29, 1.82) is 0 Å². The molecule has 0 radical (unpaired) electrons. The highest BCUT2D eigenvalue weighted by molar-refractivity contribution is 6.21. The Hall–Kier alpha value is -1.78. The number of carboxylic acids is 1. The molecule has 3 unspecified atom stereocenters. The van der Waals surface area contributed by atoms with Gasteiger partial charge in [-0.05, 0) is 67.6 Å². The van der Waals surface area contributed by atoms with Crippen LogP contribution >= 0.6 is 11.6 Å². The number of benzene rings is 1. The Morgan fingerprint density at radius 2 is 2.10 bits per heavy atom. The number of unbranched alkanes of at least 4 members (excludes halogenated alkanes) is 1. The summed E-state index contributed by atoms with van der Waals surface area (Å²) in [4.78, 5) is 10.5. The zero-order valence-corrected chi connectivity index (χ0v) is 18.6. The fourth-order valence-electron chi connectivity index (χ4n) is 4.17. The summed E-state index contributed by atoms with van der Waals surface area (Å²) in [6.45, 7) is 2.08. The largest absolute Gasteiger partial charge is 0.508 e. The third-order valence-electron chi connectivity index (χ3n) is 5.82. The number of hydrogen-bond donors (Lipinski definition) is 3. The van der Waals surface area contributed by atoms with Crippen LogP contribution in [-0.2, 0) is 17.6 Å². The van der Waals surface area contributed by atoms with E-state index in [0.717, 1.165) is 49.7 Å². The zero-order chi connectivity index (χ0) is 21.9. The number of halogens is 1. The van der Waals surface area contributed by atoms with E-state index in [1.54, 1.807) is 6.07 Å². The lowest BCUT2D eigenvalue weighted by atomic mass is 9.91. The lowest BCUT2D eigenvalue weighted by Crippen LogP contribution is -2.14. The first-order chi connectivity index (χ1) is 14.4. The molecule has 4 atom stereocenters. The summed E-state index contributed by atoms with van der Waals surface area (Å²) < 4.78 is 0. The molecule has 0 bridgehead atoms. The van der Waals surface area contributed by atoms with E-state index >= 15 is 0 Å². The molecule has 0 amide bonds. The van der Waals surface area contributed by atoms with Crippen LogP contribution in [0.2, 0.25) is 0 Å². The average molecular weight is 435 g/mol. The molecule has 1 aliphatic rings. The minimum Gasteiger partial charge on any atom is -0.508 e. The summed E-state index contributed by atoms with van der Waals surface area (Å²) in [7, 11) is 0. The van der Waals surface area contributed by atoms with Gasteiger partial charge in [0.25, 0.3) is 0 Å². The van der Waals surface area contributed by atoms with E-state index in [4.69, 9.17) is 16.7 Å². The highest BCUT2D eigenvalue weighted by Gasteiger charge is 2.32. The average Bonchev–Trinajstić information content (AvgIpc) is 3.05. The normalized spacial score (nSPS) is 22.8. The summed E-state index contributed by atoms with van der Waals surface area (Å²) in [5.74, 6) is 0.262. The van der Waals surface area contributed by atoms with E-state index in [1.165, 1.54) is 0 Å². The van der Waals surface area contributed by atoms with Crippen molar-refractivity contribution in [2.24, 2.45) is 11.8 Å². The topological polar surface area (TPSA) is 77.8 Å². The number of hydrogen-bond acceptors (Lipinski definition) is 3. The van der Waals surface area contributed by atoms with E-state index in [2.05, 4.69) is 25.2 Å². The van der Waals surface area contributed by atoms with Gasteiger partial charge in [-0.15, -0.1) is 11.6 Å². The van der Waals surface area contributed by atoms with Crippen molar-refractivity contribution < 1.29 is 20.1 Å². The minimum atomic E-state index is -0.752. The number of rotatable bonds is 12. The van der Waals surface area contributed by atoms with Crippen LogP contribution in [0, 0.1) is 11.8 Å². The first kappa shape index (κ1) is 24.5. The number of allylic oxidation sites excluding steroid dienone is 3. The summed E-state index contributed by atoms with van der Waals surface area (Å²) in [6.07, 6.45) is 14.5. The monoisotopic (exact) mass is 434 g/mol. The van der Waals surface area contributed by atoms with E-state index in [0.29, 0.717) is 30.4 Å². The van der Waals surface area contributed by atoms with Crippen molar-refractivity contribution in [2.75, 3.05) is 0 Å². The molecular formula is C25H35ClO4. The van der Waals surface area contributed by atoms with E-state index in [9.17, 15) is 15.0 Å². The first-order valence-electron chi connectivity index (χ1n) is 11.1. The van der Waals surface area contributed by atoms with Crippen molar-refractivity contribution in [2.45, 2.75) is 76.2 Å². The lowest BCUT2D eigenvalue weighted by Gasteiger charge is -2.18. The van der Waals surface area contributed by atoms with Crippen LogP contribution < -0.4 is 0 Å². The maximum absolute atomic E-state index is 10.5. The molecule has 1 saturated carbocycles. The van der Waals surface area contributed by atoms with E-state index in [-0.39, 0.29) is 11.8 Å². The Morgan fingerprint density at radius 3 is 2.83 bits per heavy atom. The van der Waals surface area contributed by atoms with Gasteiger partial charge in [0, 0.05) is 18.2 Å². The van der Waals surface area contributed by atoms with Gasteiger partial charge >= 0.3 is 5.97 Å². The van der Waals surface area contributed by atoms with Gasteiger partial charge in [-0.3, -0.25) is 4.79 Å². The summed E-state index contributed by atoms with van der Waals surface area (Å²) in [6, 6.07) is 5.57. The highest BCUT2D eigenvalue weighted by Crippen LogP contribution is 2.39. The number of alkyl halides is 1. The number of aliphatic carboxylic acids is 1. The molecule has 2 rings (SSSR count). The second-order valence-corrected chi connectivity index (χ2v) is 8.84. The van der Waals surface area contributed by atoms with Crippen molar-refractivity contribution in [3.05, 3.63) is 53.6 Å². The number of aryl methyl sites for hydroxylation is 1. The molecular weight excluding hydrogens is 400 g/mol. The molecule has 0 saturated heterocycles. The summed E-state index contributed by atoms with van der Waals surface area (Å²) >= 11 is 6.53. The standard InChI is InChI=1S/C25H35ClO4/c1-2-7-20-16-18(10-15-24(20)28)17-21(27)13-11-19-12-14-23(26)22(19)8-5-3-4-6-9-25(29)30/h3,5,10-11,13,15-16,19,21-23,27-28H,2,4,6-9,12,14,17H2,1H3,(H,29,30)/b5-3-,13-11+/t19?,21?,22-,23?/m1/s1. The van der Waals surface area contributed by atoms with Crippen LogP contribution in [0.5, 0.6) is 5.75 Å². The number of phenolic OH excluding ortho intramolecular Hbond substituents is 1. The first-order valence-corrected chi connectivity index (χ1v) is 11.5. The molecule has 0 spiro atoms. The Kier molecular flexibility index (Phi) is 10.5. The molecule has 1 aromatic rings. The van der Waals surface area contributed by atoms with Crippen molar-refractivity contribution in [1.82, 2.24) is 0 Å². The quantitative estimate of drug-likeness (QED) is 0.226. The molecule has 30 heavy (non-hydrogen) atoms. The molecule has 0 aromatic heterocycles. The molecule has 166 valence electrons. The SMILES string of the molecule is CCCc1cc(CC(O)/C=C/C2CCC(Cl)[C@@H]2C/C=C\CCCC(=O)O)ccc1O. The Labute approximate surface area is 185 Å². The van der Waals surface area contributed by atoms with Gasteiger partial charge in [-0.25, -0.2) is 0 Å². The van der Waals surface area contributed by atoms with Crippen LogP contribution in [0.15, 0.2) is 42.5 Å².